The number of halogens is 3. The van der Waals surface area contributed by atoms with Crippen LogP contribution >= 0.6 is 23.2 Å². The SMILES string of the molecule is Fc1ccc(C2=NN3C(C2)c2cc(Cl)cc(Cl)c2OC3c2ccncc2)cc1. The fraction of sp³-hybridized carbons (Fsp3) is 0.143. The summed E-state index contributed by atoms with van der Waals surface area (Å²) in [6, 6.07) is 13.6. The Bertz CT molecular complexity index is 1070. The molecule has 2 aliphatic rings. The van der Waals surface area contributed by atoms with Gasteiger partial charge in [0.25, 0.3) is 0 Å². The van der Waals surface area contributed by atoms with E-state index in [2.05, 4.69) is 4.98 Å². The van der Waals surface area contributed by atoms with Gasteiger partial charge >= 0.3 is 0 Å². The Balaban J connectivity index is 1.63. The molecule has 0 amide bonds. The van der Waals surface area contributed by atoms with Crippen LogP contribution in [0.2, 0.25) is 10.0 Å². The Kier molecular flexibility index (Phi) is 4.22. The molecule has 1 aromatic heterocycles. The molecule has 0 saturated heterocycles. The lowest BCUT2D eigenvalue weighted by Gasteiger charge is -2.38. The van der Waals surface area contributed by atoms with Crippen LogP contribution in [-0.4, -0.2) is 15.7 Å². The average molecular weight is 414 g/mol. The predicted octanol–water partition coefficient (Wildman–Crippen LogP) is 5.77. The lowest BCUT2D eigenvalue weighted by Crippen LogP contribution is -2.33. The molecule has 0 bridgehead atoms. The highest BCUT2D eigenvalue weighted by Crippen LogP contribution is 2.50. The second-order valence-corrected chi connectivity index (χ2v) is 7.55. The molecule has 0 fully saturated rings. The third-order valence-electron chi connectivity index (χ3n) is 4.98. The third-order valence-corrected chi connectivity index (χ3v) is 5.48. The number of pyridine rings is 1. The number of nitrogens with zero attached hydrogens (tertiary/aromatic N) is 3. The van der Waals surface area contributed by atoms with Crippen molar-refractivity contribution in [2.24, 2.45) is 5.10 Å². The van der Waals surface area contributed by atoms with Gasteiger partial charge in [-0.05, 0) is 42.0 Å². The molecule has 0 N–H and O–H groups in total. The van der Waals surface area contributed by atoms with E-state index < -0.39 is 6.23 Å². The van der Waals surface area contributed by atoms with E-state index in [0.717, 1.165) is 22.4 Å². The summed E-state index contributed by atoms with van der Waals surface area (Å²) in [4.78, 5) is 4.08. The molecule has 28 heavy (non-hydrogen) atoms. The highest BCUT2D eigenvalue weighted by Gasteiger charge is 2.42. The zero-order valence-electron chi connectivity index (χ0n) is 14.5. The number of ether oxygens (including phenoxy) is 1. The summed E-state index contributed by atoms with van der Waals surface area (Å²) in [5.74, 6) is 0.339. The van der Waals surface area contributed by atoms with Crippen molar-refractivity contribution in [3.05, 3.63) is 93.5 Å². The minimum Gasteiger partial charge on any atom is -0.463 e. The highest BCUT2D eigenvalue weighted by molar-refractivity contribution is 6.35. The minimum absolute atomic E-state index is 0.0850. The van der Waals surface area contributed by atoms with Crippen LogP contribution in [0.15, 0.2) is 66.0 Å². The van der Waals surface area contributed by atoms with Crippen LogP contribution in [0.1, 0.15) is 35.4 Å². The molecule has 2 aliphatic heterocycles. The number of fused-ring (bicyclic) bond motifs is 3. The van der Waals surface area contributed by atoms with Gasteiger partial charge in [0.2, 0.25) is 6.23 Å². The zero-order chi connectivity index (χ0) is 19.3. The van der Waals surface area contributed by atoms with E-state index in [4.69, 9.17) is 33.0 Å². The van der Waals surface area contributed by atoms with Crippen LogP contribution in [0.3, 0.4) is 0 Å². The van der Waals surface area contributed by atoms with E-state index in [1.54, 1.807) is 30.6 Å². The fourth-order valence-electron chi connectivity index (χ4n) is 3.68. The monoisotopic (exact) mass is 413 g/mol. The first-order valence-corrected chi connectivity index (χ1v) is 9.53. The molecule has 0 saturated carbocycles. The first kappa shape index (κ1) is 17.5. The number of hydrogen-bond donors (Lipinski definition) is 0. The molecule has 2 atom stereocenters. The van der Waals surface area contributed by atoms with Gasteiger partial charge < -0.3 is 4.74 Å². The van der Waals surface area contributed by atoms with Crippen molar-refractivity contribution in [1.82, 2.24) is 9.99 Å². The number of aromatic nitrogens is 1. The molecule has 0 aliphatic carbocycles. The van der Waals surface area contributed by atoms with E-state index in [1.807, 2.05) is 23.2 Å². The van der Waals surface area contributed by atoms with Gasteiger partial charge in [0.15, 0.2) is 0 Å². The Morgan fingerprint density at radius 2 is 1.79 bits per heavy atom. The van der Waals surface area contributed by atoms with Crippen LogP contribution in [0.25, 0.3) is 0 Å². The second kappa shape index (κ2) is 6.76. The van der Waals surface area contributed by atoms with Gasteiger partial charge in [-0.15, -0.1) is 0 Å². The zero-order valence-corrected chi connectivity index (χ0v) is 16.0. The smallest absolute Gasteiger partial charge is 0.214 e. The van der Waals surface area contributed by atoms with Gasteiger partial charge in [0.1, 0.15) is 11.6 Å². The van der Waals surface area contributed by atoms with Crippen LogP contribution < -0.4 is 4.74 Å². The van der Waals surface area contributed by atoms with Gasteiger partial charge in [0.05, 0.1) is 16.8 Å². The van der Waals surface area contributed by atoms with Crippen molar-refractivity contribution in [3.8, 4) is 5.75 Å². The molecule has 2 aromatic carbocycles. The van der Waals surface area contributed by atoms with Crippen molar-refractivity contribution in [3.63, 3.8) is 0 Å². The van der Waals surface area contributed by atoms with Gasteiger partial charge in [0, 0.05) is 35.0 Å². The molecule has 3 heterocycles. The summed E-state index contributed by atoms with van der Waals surface area (Å²) in [6.07, 6.45) is 3.62. The first-order chi connectivity index (χ1) is 13.6. The van der Waals surface area contributed by atoms with Crippen molar-refractivity contribution >= 4 is 28.9 Å². The molecule has 5 rings (SSSR count). The molecule has 0 radical (unpaired) electrons. The average Bonchev–Trinajstić information content (AvgIpc) is 3.14. The van der Waals surface area contributed by atoms with E-state index in [-0.39, 0.29) is 11.9 Å². The van der Waals surface area contributed by atoms with Crippen LogP contribution in [-0.2, 0) is 0 Å². The number of hydrazone groups is 1. The molecule has 0 spiro atoms. The lowest BCUT2D eigenvalue weighted by molar-refractivity contribution is -0.0189. The highest BCUT2D eigenvalue weighted by atomic mass is 35.5. The van der Waals surface area contributed by atoms with Gasteiger partial charge in [-0.25, -0.2) is 9.40 Å². The Morgan fingerprint density at radius 1 is 1.04 bits per heavy atom. The maximum Gasteiger partial charge on any atom is 0.214 e. The predicted molar refractivity (Wildman–Crippen MR) is 106 cm³/mol. The summed E-state index contributed by atoms with van der Waals surface area (Å²) in [7, 11) is 0. The molecule has 4 nitrogen and oxygen atoms in total. The van der Waals surface area contributed by atoms with E-state index in [9.17, 15) is 4.39 Å². The van der Waals surface area contributed by atoms with E-state index in [1.165, 1.54) is 12.1 Å². The molecule has 140 valence electrons. The lowest BCUT2D eigenvalue weighted by atomic mass is 9.96. The van der Waals surface area contributed by atoms with Crippen LogP contribution in [0, 0.1) is 5.82 Å². The maximum absolute atomic E-state index is 13.3. The molecule has 2 unspecified atom stereocenters. The standard InChI is InChI=1S/C21H14Cl2FN3O/c22-14-9-16-19-11-18(12-1-3-15(24)4-2-12)26-27(19)21(13-5-7-25-8-6-13)28-20(16)17(23)10-14/h1-10,19,21H,11H2. The van der Waals surface area contributed by atoms with Gasteiger partial charge in [-0.1, -0.05) is 35.3 Å². The molecule has 7 heteroatoms. The Morgan fingerprint density at radius 3 is 2.54 bits per heavy atom. The fourth-order valence-corrected chi connectivity index (χ4v) is 4.23. The minimum atomic E-state index is -0.447. The quantitative estimate of drug-likeness (QED) is 0.534. The summed E-state index contributed by atoms with van der Waals surface area (Å²) >= 11 is 12.7. The van der Waals surface area contributed by atoms with E-state index >= 15 is 0 Å². The summed E-state index contributed by atoms with van der Waals surface area (Å²) in [5.41, 5.74) is 3.54. The summed E-state index contributed by atoms with van der Waals surface area (Å²) in [6.45, 7) is 0. The number of hydrogen-bond acceptors (Lipinski definition) is 4. The summed E-state index contributed by atoms with van der Waals surface area (Å²) < 4.78 is 19.6. The molecule has 3 aromatic rings. The van der Waals surface area contributed by atoms with Crippen molar-refractivity contribution in [2.45, 2.75) is 18.7 Å². The van der Waals surface area contributed by atoms with Crippen LogP contribution in [0.5, 0.6) is 5.75 Å². The Labute approximate surface area is 171 Å². The summed E-state index contributed by atoms with van der Waals surface area (Å²) in [5, 5.41) is 7.76. The van der Waals surface area contributed by atoms with Gasteiger partial charge in [-0.3, -0.25) is 4.98 Å². The third kappa shape index (κ3) is 2.91. The number of benzene rings is 2. The molecular weight excluding hydrogens is 400 g/mol. The largest absolute Gasteiger partial charge is 0.463 e. The second-order valence-electron chi connectivity index (χ2n) is 6.71. The number of rotatable bonds is 2. The van der Waals surface area contributed by atoms with Crippen molar-refractivity contribution in [1.29, 1.82) is 0 Å². The normalized spacial score (nSPS) is 20.2. The van der Waals surface area contributed by atoms with Crippen molar-refractivity contribution in [2.75, 3.05) is 0 Å². The topological polar surface area (TPSA) is 37.7 Å². The van der Waals surface area contributed by atoms with Crippen molar-refractivity contribution < 1.29 is 9.13 Å². The molecular formula is C21H14Cl2FN3O. The van der Waals surface area contributed by atoms with E-state index in [0.29, 0.717) is 22.2 Å². The first-order valence-electron chi connectivity index (χ1n) is 8.77. The Hall–Kier alpha value is -2.63. The van der Waals surface area contributed by atoms with Gasteiger partial charge in [-0.2, -0.15) is 5.10 Å². The van der Waals surface area contributed by atoms with Crippen LogP contribution in [0.4, 0.5) is 4.39 Å². The maximum atomic E-state index is 13.3.